The third-order valence-corrected chi connectivity index (χ3v) is 7.94. The van der Waals surface area contributed by atoms with Crippen LogP contribution in [0, 0.1) is 6.92 Å². The highest BCUT2D eigenvalue weighted by atomic mass is 32.2. The minimum absolute atomic E-state index is 0.229. The van der Waals surface area contributed by atoms with Crippen LogP contribution in [0.3, 0.4) is 0 Å². The average Bonchev–Trinajstić information content (AvgIpc) is 3.18. The van der Waals surface area contributed by atoms with Crippen LogP contribution < -0.4 is 5.49 Å². The summed E-state index contributed by atoms with van der Waals surface area (Å²) in [5.74, 6) is -0.313. The number of hydrogen-bond donors (Lipinski definition) is 0. The van der Waals surface area contributed by atoms with Crippen LogP contribution in [0.15, 0.2) is 45.0 Å². The van der Waals surface area contributed by atoms with Gasteiger partial charge < -0.3 is 0 Å². The van der Waals surface area contributed by atoms with Crippen molar-refractivity contribution < 1.29 is 13.2 Å². The number of carbonyl (C=O) groups excluding carboxylic acids is 1. The molecule has 1 aliphatic carbocycles. The van der Waals surface area contributed by atoms with Crippen LogP contribution in [0.25, 0.3) is 0 Å². The van der Waals surface area contributed by atoms with E-state index in [-0.39, 0.29) is 22.7 Å². The first-order valence-electron chi connectivity index (χ1n) is 9.14. The zero-order valence-electron chi connectivity index (χ0n) is 15.7. The molecule has 1 aliphatic rings. The highest BCUT2D eigenvalue weighted by molar-refractivity contribution is 7.91. The fourth-order valence-electron chi connectivity index (χ4n) is 3.21. The van der Waals surface area contributed by atoms with Crippen LogP contribution >= 0.6 is 11.3 Å². The highest BCUT2D eigenvalue weighted by Crippen LogP contribution is 2.20. The summed E-state index contributed by atoms with van der Waals surface area (Å²) in [6, 6.07) is 7.19. The first-order valence-corrected chi connectivity index (χ1v) is 11.5. The normalized spacial score (nSPS) is 16.8. The Morgan fingerprint density at radius 3 is 2.70 bits per heavy atom. The molecule has 0 N–H and O–H groups in total. The van der Waals surface area contributed by atoms with Crippen molar-refractivity contribution in [2.24, 2.45) is 4.99 Å². The van der Waals surface area contributed by atoms with Gasteiger partial charge >= 0.3 is 0 Å². The molecular formula is C19H25N3O3S2. The lowest BCUT2D eigenvalue weighted by Crippen LogP contribution is -2.38. The molecule has 2 aromatic heterocycles. The summed E-state index contributed by atoms with van der Waals surface area (Å²) in [6.07, 6.45) is 7.32. The molecule has 0 spiro atoms. The second kappa shape index (κ2) is 8.50. The number of aryl methyl sites for hydroxylation is 1. The SMILES string of the molecule is Cc1ccn(C(=O)CN(C)S(=O)(=O)c2cccs2)c(=NC2CCCCC2)c1. The lowest BCUT2D eigenvalue weighted by atomic mass is 9.96. The van der Waals surface area contributed by atoms with Gasteiger partial charge in [0.2, 0.25) is 5.91 Å². The molecule has 2 aromatic rings. The topological polar surface area (TPSA) is 71.7 Å². The first-order chi connectivity index (χ1) is 12.9. The number of sulfonamides is 1. The number of pyridine rings is 1. The summed E-state index contributed by atoms with van der Waals surface area (Å²) >= 11 is 1.14. The van der Waals surface area contributed by atoms with Crippen LogP contribution in [-0.4, -0.2) is 42.8 Å². The van der Waals surface area contributed by atoms with E-state index in [2.05, 4.69) is 0 Å². The molecule has 0 aliphatic heterocycles. The molecule has 3 rings (SSSR count). The van der Waals surface area contributed by atoms with E-state index in [1.54, 1.807) is 23.7 Å². The van der Waals surface area contributed by atoms with Gasteiger partial charge in [0.1, 0.15) is 9.70 Å². The quantitative estimate of drug-likeness (QED) is 0.765. The maximum atomic E-state index is 12.8. The van der Waals surface area contributed by atoms with E-state index in [0.29, 0.717) is 5.49 Å². The fourth-order valence-corrected chi connectivity index (χ4v) is 5.53. The van der Waals surface area contributed by atoms with Crippen LogP contribution in [-0.2, 0) is 10.0 Å². The number of rotatable bonds is 5. The largest absolute Gasteiger partial charge is 0.273 e. The summed E-state index contributed by atoms with van der Waals surface area (Å²) in [6.45, 7) is 1.73. The Kier molecular flexibility index (Phi) is 6.29. The van der Waals surface area contributed by atoms with Gasteiger partial charge in [0.25, 0.3) is 10.0 Å². The van der Waals surface area contributed by atoms with Gasteiger partial charge in [0.15, 0.2) is 0 Å². The Bertz CT molecular complexity index is 956. The third-order valence-electron chi connectivity index (χ3n) is 4.77. The van der Waals surface area contributed by atoms with Gasteiger partial charge in [-0.3, -0.25) is 14.4 Å². The Balaban J connectivity index is 1.85. The lowest BCUT2D eigenvalue weighted by molar-refractivity contribution is 0.0886. The molecule has 0 radical (unpaired) electrons. The predicted molar refractivity (Wildman–Crippen MR) is 106 cm³/mol. The maximum absolute atomic E-state index is 12.8. The molecule has 146 valence electrons. The third kappa shape index (κ3) is 4.75. The van der Waals surface area contributed by atoms with Crippen molar-refractivity contribution in [3.63, 3.8) is 0 Å². The van der Waals surface area contributed by atoms with E-state index in [4.69, 9.17) is 4.99 Å². The van der Waals surface area contributed by atoms with Gasteiger partial charge in [-0.25, -0.2) is 8.42 Å². The highest BCUT2D eigenvalue weighted by Gasteiger charge is 2.24. The zero-order chi connectivity index (χ0) is 19.4. The zero-order valence-corrected chi connectivity index (χ0v) is 17.3. The average molecular weight is 408 g/mol. The van der Waals surface area contributed by atoms with Gasteiger partial charge in [-0.15, -0.1) is 11.3 Å². The number of nitrogens with zero attached hydrogens (tertiary/aromatic N) is 3. The summed E-state index contributed by atoms with van der Waals surface area (Å²) < 4.78 is 27.9. The van der Waals surface area contributed by atoms with Crippen molar-refractivity contribution in [1.29, 1.82) is 0 Å². The lowest BCUT2D eigenvalue weighted by Gasteiger charge is -2.19. The molecule has 8 heteroatoms. The summed E-state index contributed by atoms with van der Waals surface area (Å²) in [5.41, 5.74) is 1.63. The minimum Gasteiger partial charge on any atom is -0.273 e. The molecule has 27 heavy (non-hydrogen) atoms. The van der Waals surface area contributed by atoms with Gasteiger partial charge in [0, 0.05) is 13.2 Å². The van der Waals surface area contributed by atoms with E-state index < -0.39 is 10.0 Å². The van der Waals surface area contributed by atoms with E-state index in [1.807, 2.05) is 19.1 Å². The molecule has 0 atom stereocenters. The molecule has 0 amide bonds. The smallest absolute Gasteiger partial charge is 0.252 e. The van der Waals surface area contributed by atoms with Crippen molar-refractivity contribution >= 4 is 27.3 Å². The summed E-state index contributed by atoms with van der Waals surface area (Å²) in [5, 5.41) is 1.71. The second-order valence-corrected chi connectivity index (χ2v) is 10.2. The van der Waals surface area contributed by atoms with Crippen LogP contribution in [0.2, 0.25) is 0 Å². The molecule has 1 fully saturated rings. The first kappa shape index (κ1) is 20.0. The molecule has 0 bridgehead atoms. The number of carbonyl (C=O) groups is 1. The molecular weight excluding hydrogens is 382 g/mol. The maximum Gasteiger partial charge on any atom is 0.252 e. The number of thiophene rings is 1. The Morgan fingerprint density at radius 1 is 1.30 bits per heavy atom. The standard InChI is InChI=1S/C19H25N3O3S2/c1-15-10-11-22(17(13-15)20-16-7-4-3-5-8-16)18(23)14-21(2)27(24,25)19-9-6-12-26-19/h6,9-13,16H,3-5,7-8,14H2,1-2H3. The van der Waals surface area contributed by atoms with E-state index >= 15 is 0 Å². The summed E-state index contributed by atoms with van der Waals surface area (Å²) in [4.78, 5) is 17.6. The van der Waals surface area contributed by atoms with Crippen LogP contribution in [0.5, 0.6) is 0 Å². The molecule has 2 heterocycles. The molecule has 0 unspecified atom stereocenters. The van der Waals surface area contributed by atoms with Crippen molar-refractivity contribution in [2.75, 3.05) is 13.6 Å². The van der Waals surface area contributed by atoms with Crippen LogP contribution in [0.1, 0.15) is 42.5 Å². The van der Waals surface area contributed by atoms with Gasteiger partial charge in [-0.2, -0.15) is 4.31 Å². The Hall–Kier alpha value is -1.77. The second-order valence-electron chi connectivity index (χ2n) is 6.94. The van der Waals surface area contributed by atoms with E-state index in [0.717, 1.165) is 46.9 Å². The van der Waals surface area contributed by atoms with Gasteiger partial charge in [-0.1, -0.05) is 25.3 Å². The fraction of sp³-hybridized carbons (Fsp3) is 0.474. The monoisotopic (exact) mass is 407 g/mol. The minimum atomic E-state index is -3.66. The van der Waals surface area contributed by atoms with Gasteiger partial charge in [-0.05, 0) is 48.9 Å². The van der Waals surface area contributed by atoms with E-state index in [1.165, 1.54) is 18.0 Å². The molecule has 0 saturated heterocycles. The Morgan fingerprint density at radius 2 is 2.04 bits per heavy atom. The molecule has 6 nitrogen and oxygen atoms in total. The number of aromatic nitrogens is 1. The van der Waals surface area contributed by atoms with E-state index in [9.17, 15) is 13.2 Å². The van der Waals surface area contributed by atoms with Crippen molar-refractivity contribution in [1.82, 2.24) is 8.87 Å². The number of hydrogen-bond acceptors (Lipinski definition) is 5. The molecule has 1 saturated carbocycles. The predicted octanol–water partition coefficient (Wildman–Crippen LogP) is 3.05. The summed E-state index contributed by atoms with van der Waals surface area (Å²) in [7, 11) is -2.23. The van der Waals surface area contributed by atoms with Crippen molar-refractivity contribution in [3.8, 4) is 0 Å². The Labute approximate surface area is 164 Å². The number of likely N-dealkylation sites (N-methyl/N-ethyl adjacent to an activating group) is 1. The van der Waals surface area contributed by atoms with Crippen molar-refractivity contribution in [3.05, 3.63) is 46.9 Å². The molecule has 0 aromatic carbocycles. The van der Waals surface area contributed by atoms with Gasteiger partial charge in [0.05, 0.1) is 12.6 Å². The van der Waals surface area contributed by atoms with Crippen LogP contribution in [0.4, 0.5) is 0 Å². The van der Waals surface area contributed by atoms with Crippen molar-refractivity contribution in [2.45, 2.75) is 49.3 Å².